The smallest absolute Gasteiger partial charge is 0.345 e. The number of allylic oxidation sites excluding steroid dienone is 1. The van der Waals surface area contributed by atoms with Crippen molar-refractivity contribution in [2.24, 2.45) is 28.6 Å². The molecule has 6 rings (SSSR count). The Bertz CT molecular complexity index is 1410. The van der Waals surface area contributed by atoms with Crippen LogP contribution in [-0.2, 0) is 13.5 Å². The van der Waals surface area contributed by atoms with Crippen molar-refractivity contribution in [2.45, 2.75) is 103 Å². The average molecular weight is 663 g/mol. The molecule has 4 aliphatic carbocycles. The molecule has 0 radical (unpaired) electrons. The summed E-state index contributed by atoms with van der Waals surface area (Å²) in [6.45, 7) is 12.4. The van der Waals surface area contributed by atoms with E-state index in [0.29, 0.717) is 17.8 Å². The van der Waals surface area contributed by atoms with Crippen LogP contribution in [0.4, 0.5) is 0 Å². The first-order valence-corrected chi connectivity index (χ1v) is 21.2. The van der Waals surface area contributed by atoms with Gasteiger partial charge >= 0.3 is 7.67 Å². The van der Waals surface area contributed by atoms with Gasteiger partial charge in [0.25, 0.3) is 8.32 Å². The number of hydrogen-bond donors (Lipinski definition) is 0. The minimum atomic E-state index is -3.01. The predicted molar refractivity (Wildman–Crippen MR) is 194 cm³/mol. The van der Waals surface area contributed by atoms with Gasteiger partial charge in [-0.15, -0.1) is 0 Å². The highest BCUT2D eigenvalue weighted by atomic mass is 31.2. The fourth-order valence-electron chi connectivity index (χ4n) is 10.5. The maximum atomic E-state index is 13.7. The monoisotopic (exact) mass is 662 g/mol. The first kappa shape index (κ1) is 34.3. The summed E-state index contributed by atoms with van der Waals surface area (Å²) in [4.78, 5) is 0. The zero-order chi connectivity index (χ0) is 33.1. The fraction of sp³-hybridized carbons (Fsp3) is 0.641. The Hall–Kier alpha value is -1.53. The highest BCUT2D eigenvalue weighted by Gasteiger charge is 2.62. The molecule has 252 valence electrons. The molecule has 7 atom stereocenters. The van der Waals surface area contributed by atoms with Crippen molar-refractivity contribution in [1.82, 2.24) is 9.34 Å². The molecule has 0 aliphatic heterocycles. The van der Waals surface area contributed by atoms with Crippen LogP contribution in [0.25, 0.3) is 0 Å². The van der Waals surface area contributed by atoms with Gasteiger partial charge in [-0.25, -0.2) is 9.34 Å². The number of hydrogen-bond acceptors (Lipinski definition) is 3. The second-order valence-electron chi connectivity index (χ2n) is 16.8. The first-order chi connectivity index (χ1) is 21.7. The second kappa shape index (κ2) is 12.4. The highest BCUT2D eigenvalue weighted by molar-refractivity contribution is 7.53. The number of fused-ring (bicyclic) bond motifs is 5. The summed E-state index contributed by atoms with van der Waals surface area (Å²) in [5, 5.41) is 2.76. The van der Waals surface area contributed by atoms with E-state index in [1.807, 2.05) is 28.2 Å². The Labute approximate surface area is 280 Å². The van der Waals surface area contributed by atoms with Crippen LogP contribution in [0.5, 0.6) is 0 Å². The molecule has 0 saturated heterocycles. The molecule has 2 aromatic rings. The topological polar surface area (TPSA) is 42.0 Å². The lowest BCUT2D eigenvalue weighted by atomic mass is 9.48. The largest absolute Gasteiger partial charge is 0.404 e. The van der Waals surface area contributed by atoms with Crippen molar-refractivity contribution >= 4 is 26.4 Å². The van der Waals surface area contributed by atoms with Gasteiger partial charge in [0.1, 0.15) is 0 Å². The van der Waals surface area contributed by atoms with Gasteiger partial charge in [-0.1, -0.05) is 107 Å². The van der Waals surface area contributed by atoms with Crippen LogP contribution in [0.15, 0.2) is 72.3 Å². The van der Waals surface area contributed by atoms with Crippen molar-refractivity contribution < 1.29 is 13.5 Å². The minimum Gasteiger partial charge on any atom is -0.404 e. The Morgan fingerprint density at radius 3 is 1.93 bits per heavy atom. The second-order valence-corrected chi connectivity index (χ2v) is 23.9. The van der Waals surface area contributed by atoms with E-state index in [1.54, 1.807) is 14.9 Å². The van der Waals surface area contributed by atoms with Gasteiger partial charge in [0, 0.05) is 0 Å². The zero-order valence-corrected chi connectivity index (χ0v) is 31.9. The average Bonchev–Trinajstić information content (AvgIpc) is 3.35. The normalized spacial score (nSPS) is 33.4. The van der Waals surface area contributed by atoms with Crippen molar-refractivity contribution in [3.63, 3.8) is 0 Å². The molecular formula is C39H59N2O3PSi. The van der Waals surface area contributed by atoms with Gasteiger partial charge in [-0.3, -0.25) is 4.57 Å². The zero-order valence-electron chi connectivity index (χ0n) is 30.0. The molecule has 46 heavy (non-hydrogen) atoms. The Morgan fingerprint density at radius 2 is 1.39 bits per heavy atom. The first-order valence-electron chi connectivity index (χ1n) is 17.8. The maximum absolute atomic E-state index is 13.7. The molecule has 0 aromatic heterocycles. The van der Waals surface area contributed by atoms with Gasteiger partial charge in [-0.05, 0) is 124 Å². The van der Waals surface area contributed by atoms with Crippen molar-refractivity contribution in [3.05, 3.63) is 72.3 Å². The predicted octanol–water partition coefficient (Wildman–Crippen LogP) is 8.51. The lowest BCUT2D eigenvalue weighted by Crippen LogP contribution is -2.68. The molecule has 0 spiro atoms. The summed E-state index contributed by atoms with van der Waals surface area (Å²) in [5.41, 5.74) is 1.96. The minimum absolute atomic E-state index is 0.0103. The molecule has 0 unspecified atom stereocenters. The Kier molecular flexibility index (Phi) is 9.27. The van der Waals surface area contributed by atoms with Gasteiger partial charge in [0.2, 0.25) is 0 Å². The maximum Gasteiger partial charge on any atom is 0.345 e. The summed E-state index contributed by atoms with van der Waals surface area (Å²) in [5.74, 6) is 2.08. The third-order valence-electron chi connectivity index (χ3n) is 13.0. The standard InChI is InChI=1S/C39H59N2O3PSi/c1-37(2,3)46(31-16-12-10-13-17-31,32-18-14-11-15-19-32)44-36-23-22-34-33-21-20-29-28-30(43-45(42,40(6)7)41(8)9)24-26-38(29,4)35(33)25-27-39(34,36)5/h10-20,30,33-36H,21-28H2,1-9H3/t30-,33-,34-,35-,36-,38-,39-/m0/s1. The number of benzene rings is 2. The van der Waals surface area contributed by atoms with Gasteiger partial charge in [0.05, 0.1) is 12.2 Å². The third kappa shape index (κ3) is 5.48. The molecule has 3 fully saturated rings. The SMILES string of the molecule is CN(C)P(=O)(O[C@H]1CC[C@@]2(C)C(=CC[C@H]3[C@@H]4CC[C@H](O[Si](c5ccccc5)(c5ccccc5)C(C)(C)C)[C@@]4(C)CC[C@@H]32)C1)N(C)C. The van der Waals surface area contributed by atoms with Crippen molar-refractivity contribution in [2.75, 3.05) is 28.2 Å². The van der Waals surface area contributed by atoms with Gasteiger partial charge < -0.3 is 8.95 Å². The van der Waals surface area contributed by atoms with E-state index in [-0.39, 0.29) is 28.1 Å². The van der Waals surface area contributed by atoms with Gasteiger partial charge in [0.15, 0.2) is 0 Å². The van der Waals surface area contributed by atoms with Crippen LogP contribution in [0.1, 0.15) is 86.0 Å². The van der Waals surface area contributed by atoms with Crippen LogP contribution in [0, 0.1) is 28.6 Å². The quantitative estimate of drug-likeness (QED) is 0.161. The highest BCUT2D eigenvalue weighted by Crippen LogP contribution is 2.66. The fourth-order valence-corrected chi connectivity index (χ4v) is 17.0. The molecule has 3 saturated carbocycles. The lowest BCUT2D eigenvalue weighted by molar-refractivity contribution is -0.0663. The summed E-state index contributed by atoms with van der Waals surface area (Å²) in [6, 6.07) is 22.4. The van der Waals surface area contributed by atoms with E-state index in [1.165, 1.54) is 29.6 Å². The number of rotatable bonds is 8. The van der Waals surface area contributed by atoms with E-state index >= 15 is 0 Å². The molecule has 0 N–H and O–H groups in total. The van der Waals surface area contributed by atoms with Crippen molar-refractivity contribution in [3.8, 4) is 0 Å². The van der Waals surface area contributed by atoms with E-state index in [0.717, 1.165) is 32.1 Å². The van der Waals surface area contributed by atoms with E-state index in [4.69, 9.17) is 8.95 Å². The lowest BCUT2D eigenvalue weighted by Gasteiger charge is -2.58. The molecular weight excluding hydrogens is 604 g/mol. The summed E-state index contributed by atoms with van der Waals surface area (Å²) < 4.78 is 31.5. The van der Waals surface area contributed by atoms with Crippen LogP contribution < -0.4 is 10.4 Å². The van der Waals surface area contributed by atoms with Crippen LogP contribution in [0.3, 0.4) is 0 Å². The molecule has 0 amide bonds. The van der Waals surface area contributed by atoms with E-state index < -0.39 is 16.0 Å². The molecule has 0 heterocycles. The third-order valence-corrected chi connectivity index (χ3v) is 20.6. The Morgan fingerprint density at radius 1 is 0.804 bits per heavy atom. The molecule has 2 aromatic carbocycles. The summed E-state index contributed by atoms with van der Waals surface area (Å²) >= 11 is 0. The summed E-state index contributed by atoms with van der Waals surface area (Å²) in [7, 11) is 1.83. The van der Waals surface area contributed by atoms with Crippen molar-refractivity contribution in [1.29, 1.82) is 0 Å². The molecule has 4 aliphatic rings. The van der Waals surface area contributed by atoms with E-state index in [9.17, 15) is 4.57 Å². The Balaban J connectivity index is 1.27. The van der Waals surface area contributed by atoms with E-state index in [2.05, 4.69) is 101 Å². The summed E-state index contributed by atoms with van der Waals surface area (Å²) in [6.07, 6.45) is 12.0. The van der Waals surface area contributed by atoms with Crippen LogP contribution in [0.2, 0.25) is 5.04 Å². The van der Waals surface area contributed by atoms with Crippen LogP contribution >= 0.6 is 7.67 Å². The van der Waals surface area contributed by atoms with Crippen LogP contribution in [-0.4, -0.2) is 58.1 Å². The number of nitrogens with zero attached hydrogens (tertiary/aromatic N) is 2. The molecule has 0 bridgehead atoms. The molecule has 5 nitrogen and oxygen atoms in total. The molecule has 7 heteroatoms. The van der Waals surface area contributed by atoms with Gasteiger partial charge in [-0.2, -0.15) is 0 Å².